The highest BCUT2D eigenvalue weighted by Gasteiger charge is 2.37. The first-order valence-electron chi connectivity index (χ1n) is 13.0. The zero-order chi connectivity index (χ0) is 30.2. The number of pyridine rings is 1. The number of aromatic nitrogens is 4. The van der Waals surface area contributed by atoms with Crippen LogP contribution in [0.5, 0.6) is 5.75 Å². The van der Waals surface area contributed by atoms with Crippen LogP contribution in [0.4, 0.5) is 0 Å². The van der Waals surface area contributed by atoms with Gasteiger partial charge >= 0.3 is 8.17 Å². The highest BCUT2D eigenvalue weighted by molar-refractivity contribution is 7.53. The summed E-state index contributed by atoms with van der Waals surface area (Å²) in [5.74, 6) is -1.36. The third kappa shape index (κ3) is 5.75. The van der Waals surface area contributed by atoms with E-state index in [1.165, 1.54) is 33.7 Å². The highest BCUT2D eigenvalue weighted by atomic mass is 31.2. The molecule has 1 atom stereocenters. The summed E-state index contributed by atoms with van der Waals surface area (Å²) in [5, 5.41) is 4.60. The Kier molecular flexibility index (Phi) is 8.08. The van der Waals surface area contributed by atoms with Crippen molar-refractivity contribution >= 4 is 36.7 Å². The van der Waals surface area contributed by atoms with E-state index in [0.29, 0.717) is 11.3 Å². The fourth-order valence-electron chi connectivity index (χ4n) is 5.01. The Morgan fingerprint density at radius 2 is 1.83 bits per heavy atom. The van der Waals surface area contributed by atoms with E-state index in [0.717, 1.165) is 0 Å². The molecule has 2 amide bonds. The first kappa shape index (κ1) is 29.3. The summed E-state index contributed by atoms with van der Waals surface area (Å²) in [6.07, 6.45) is 4.34. The van der Waals surface area contributed by atoms with Gasteiger partial charge in [0.2, 0.25) is 0 Å². The minimum absolute atomic E-state index is 0.0452. The molecule has 15 heteroatoms. The molecule has 0 spiro atoms. The Labute approximate surface area is 241 Å². The maximum atomic E-state index is 13.8. The molecule has 42 heavy (non-hydrogen) atoms. The SMILES string of the molecule is COc1cnc(-n2ccc(C)n2)c2c1c(C(=O)C(=O)N1CCN(C(=O)c3ccccc3)[C@H](C)C1)cn2CO[P+](O)(O)O. The van der Waals surface area contributed by atoms with Crippen molar-refractivity contribution < 1.29 is 38.3 Å². The van der Waals surface area contributed by atoms with Crippen LogP contribution in [-0.4, -0.2) is 94.2 Å². The van der Waals surface area contributed by atoms with E-state index in [1.54, 1.807) is 48.4 Å². The Balaban J connectivity index is 1.49. The van der Waals surface area contributed by atoms with Gasteiger partial charge in [0.05, 0.1) is 30.0 Å². The van der Waals surface area contributed by atoms with Gasteiger partial charge in [-0.15, -0.1) is 4.52 Å². The molecule has 1 aromatic carbocycles. The Hall–Kier alpha value is -4.20. The smallest absolute Gasteiger partial charge is 0.494 e. The van der Waals surface area contributed by atoms with E-state index in [2.05, 4.69) is 10.1 Å². The number of carbonyl (C=O) groups is 3. The first-order valence-corrected chi connectivity index (χ1v) is 14.5. The van der Waals surface area contributed by atoms with Gasteiger partial charge in [0.1, 0.15) is 11.3 Å². The second-order valence-electron chi connectivity index (χ2n) is 9.85. The lowest BCUT2D eigenvalue weighted by molar-refractivity contribution is -0.128. The van der Waals surface area contributed by atoms with Gasteiger partial charge in [0.25, 0.3) is 17.6 Å². The third-order valence-electron chi connectivity index (χ3n) is 7.01. The number of benzene rings is 1. The summed E-state index contributed by atoms with van der Waals surface area (Å²) in [7, 11) is -3.26. The van der Waals surface area contributed by atoms with Crippen LogP contribution in [0.25, 0.3) is 16.7 Å². The summed E-state index contributed by atoms with van der Waals surface area (Å²) in [4.78, 5) is 76.2. The molecule has 4 aromatic rings. The van der Waals surface area contributed by atoms with Crippen LogP contribution in [0, 0.1) is 6.92 Å². The number of fused-ring (bicyclic) bond motifs is 1. The number of rotatable bonds is 8. The Morgan fingerprint density at radius 1 is 1.10 bits per heavy atom. The largest absolute Gasteiger partial charge is 0.569 e. The number of aryl methyl sites for hydroxylation is 1. The highest BCUT2D eigenvalue weighted by Crippen LogP contribution is 2.46. The van der Waals surface area contributed by atoms with Crippen molar-refractivity contribution in [2.24, 2.45) is 0 Å². The predicted octanol–water partition coefficient (Wildman–Crippen LogP) is 1.72. The number of nitrogens with zero attached hydrogens (tertiary/aromatic N) is 6. The first-order chi connectivity index (χ1) is 20.0. The van der Waals surface area contributed by atoms with Gasteiger partial charge in [-0.05, 0) is 32.0 Å². The van der Waals surface area contributed by atoms with Gasteiger partial charge in [0, 0.05) is 43.6 Å². The molecule has 0 saturated carbocycles. The lowest BCUT2D eigenvalue weighted by atomic mass is 10.1. The normalized spacial score (nSPS) is 15.7. The van der Waals surface area contributed by atoms with Gasteiger partial charge < -0.3 is 19.1 Å². The van der Waals surface area contributed by atoms with Gasteiger partial charge in [-0.2, -0.15) is 19.8 Å². The number of Topliss-reactive ketones (excluding diaryl/α,β-unsaturated/α-hetero) is 1. The molecule has 14 nitrogen and oxygen atoms in total. The average molecular weight is 598 g/mol. The summed E-state index contributed by atoms with van der Waals surface area (Å²) in [6.45, 7) is 3.55. The number of ether oxygens (including phenoxy) is 1. The molecular weight excluding hydrogens is 567 g/mol. The molecule has 220 valence electrons. The fourth-order valence-corrected chi connectivity index (χ4v) is 5.29. The summed E-state index contributed by atoms with van der Waals surface area (Å²) in [6, 6.07) is 10.2. The Morgan fingerprint density at radius 3 is 2.45 bits per heavy atom. The minimum atomic E-state index is -4.65. The van der Waals surface area contributed by atoms with Gasteiger partial charge in [0.15, 0.2) is 12.5 Å². The monoisotopic (exact) mass is 597 g/mol. The number of hydrogen-bond donors (Lipinski definition) is 3. The number of ketones is 1. The van der Waals surface area contributed by atoms with E-state index in [4.69, 9.17) is 9.26 Å². The van der Waals surface area contributed by atoms with E-state index in [-0.39, 0.29) is 59.6 Å². The minimum Gasteiger partial charge on any atom is -0.494 e. The van der Waals surface area contributed by atoms with Crippen molar-refractivity contribution in [2.75, 3.05) is 26.7 Å². The van der Waals surface area contributed by atoms with Crippen molar-refractivity contribution in [3.63, 3.8) is 0 Å². The number of carbonyl (C=O) groups excluding carboxylic acids is 3. The maximum absolute atomic E-state index is 13.8. The van der Waals surface area contributed by atoms with Crippen LogP contribution in [0.2, 0.25) is 0 Å². The quantitative estimate of drug-likeness (QED) is 0.154. The summed E-state index contributed by atoms with van der Waals surface area (Å²) >= 11 is 0. The molecule has 0 unspecified atom stereocenters. The molecule has 3 N–H and O–H groups in total. The molecule has 0 radical (unpaired) electrons. The van der Waals surface area contributed by atoms with Crippen LogP contribution in [0.15, 0.2) is 55.0 Å². The predicted molar refractivity (Wildman–Crippen MR) is 151 cm³/mol. The van der Waals surface area contributed by atoms with E-state index < -0.39 is 26.6 Å². The number of hydrogen-bond acceptors (Lipinski definition) is 10. The van der Waals surface area contributed by atoms with E-state index in [9.17, 15) is 29.1 Å². The molecule has 0 bridgehead atoms. The molecular formula is C27H30N6O8P+. The van der Waals surface area contributed by atoms with Crippen LogP contribution in [0.1, 0.15) is 33.3 Å². The van der Waals surface area contributed by atoms with Crippen LogP contribution in [0.3, 0.4) is 0 Å². The summed E-state index contributed by atoms with van der Waals surface area (Å²) < 4.78 is 13.1. The van der Waals surface area contributed by atoms with Crippen molar-refractivity contribution in [1.29, 1.82) is 0 Å². The van der Waals surface area contributed by atoms with Crippen LogP contribution >= 0.6 is 8.17 Å². The lowest BCUT2D eigenvalue weighted by Crippen LogP contribution is -2.56. The lowest BCUT2D eigenvalue weighted by Gasteiger charge is -2.39. The van der Waals surface area contributed by atoms with Gasteiger partial charge in [-0.3, -0.25) is 14.4 Å². The third-order valence-corrected chi connectivity index (χ3v) is 7.47. The molecule has 3 aromatic heterocycles. The van der Waals surface area contributed by atoms with Gasteiger partial charge in [-0.1, -0.05) is 18.2 Å². The molecule has 1 aliphatic heterocycles. The molecule has 1 saturated heterocycles. The second kappa shape index (κ2) is 11.6. The van der Waals surface area contributed by atoms with Crippen LogP contribution < -0.4 is 4.74 Å². The second-order valence-corrected chi connectivity index (χ2v) is 11.1. The van der Waals surface area contributed by atoms with Crippen molar-refractivity contribution in [2.45, 2.75) is 26.6 Å². The average Bonchev–Trinajstić information content (AvgIpc) is 3.58. The van der Waals surface area contributed by atoms with Crippen molar-refractivity contribution in [1.82, 2.24) is 29.1 Å². The number of methoxy groups -OCH3 is 1. The molecule has 0 aliphatic carbocycles. The molecule has 5 rings (SSSR count). The topological polar surface area (TPSA) is 172 Å². The molecule has 4 heterocycles. The number of amides is 2. The van der Waals surface area contributed by atoms with Gasteiger partial charge in [-0.25, -0.2) is 9.67 Å². The fraction of sp³-hybridized carbons (Fsp3) is 0.296. The Bertz CT molecular complexity index is 1650. The van der Waals surface area contributed by atoms with Crippen LogP contribution in [-0.2, 0) is 16.0 Å². The molecule has 1 fully saturated rings. The zero-order valence-corrected chi connectivity index (χ0v) is 24.0. The number of piperazine rings is 1. The van der Waals surface area contributed by atoms with Crippen molar-refractivity contribution in [3.8, 4) is 11.6 Å². The van der Waals surface area contributed by atoms with E-state index in [1.807, 2.05) is 13.0 Å². The maximum Gasteiger partial charge on any atom is 0.569 e. The van der Waals surface area contributed by atoms with E-state index >= 15 is 0 Å². The van der Waals surface area contributed by atoms with Crippen molar-refractivity contribution in [3.05, 3.63) is 71.8 Å². The summed E-state index contributed by atoms with van der Waals surface area (Å²) in [5.41, 5.74) is 1.43. The zero-order valence-electron chi connectivity index (χ0n) is 23.1. The standard InChI is InChI=1S/C27H30N6O8P/c1-17-9-10-33(29-17)25-23-22(21(40-3)13-28-25)20(15-31(23)16-41-42(37,38)39)24(34)27(36)30-11-12-32(18(2)14-30)26(35)19-7-5-4-6-8-19/h4-10,13,15,18,37-39H,11-12,14,16H2,1-3H3/q+1/t18-/m1/s1. The molecule has 1 aliphatic rings.